The number of amides is 2. The van der Waals surface area contributed by atoms with Crippen LogP contribution in [-0.4, -0.2) is 59.9 Å². The molecule has 2 heterocycles. The zero-order valence-electron chi connectivity index (χ0n) is 15.7. The smallest absolute Gasteiger partial charge is 0.323 e. The number of urea groups is 1. The topological polar surface area (TPSA) is 103 Å². The summed E-state index contributed by atoms with van der Waals surface area (Å²) in [6, 6.07) is 11.8. The number of aromatic nitrogens is 1. The van der Waals surface area contributed by atoms with Crippen LogP contribution in [0.25, 0.3) is 10.2 Å². The lowest BCUT2D eigenvalue weighted by molar-refractivity contribution is 0.184. The number of nitrogens with zero attached hydrogens (tertiary/aromatic N) is 3. The number of hydrogen-bond donors (Lipinski definition) is 2. The van der Waals surface area contributed by atoms with Crippen molar-refractivity contribution < 1.29 is 18.3 Å². The van der Waals surface area contributed by atoms with E-state index in [1.807, 2.05) is 24.3 Å². The standard InChI is InChI=1S/C19H20N4O4S2/c1-13-6-7-15(24)17(12-13)29(26,27)23-10-8-22(9-11-23)19(25)21-18-20-14-4-2-3-5-16(14)28-18/h2-7,12,24H,8-11H2,1H3,(H,20,21,25). The Morgan fingerprint density at radius 3 is 2.59 bits per heavy atom. The van der Waals surface area contributed by atoms with Crippen molar-refractivity contribution in [1.29, 1.82) is 0 Å². The third-order valence-electron chi connectivity index (χ3n) is 4.77. The maximum atomic E-state index is 12.9. The Morgan fingerprint density at radius 1 is 1.14 bits per heavy atom. The zero-order chi connectivity index (χ0) is 20.6. The molecule has 3 aromatic rings. The van der Waals surface area contributed by atoms with Crippen LogP contribution in [0.5, 0.6) is 5.75 Å². The average molecular weight is 433 g/mol. The SMILES string of the molecule is Cc1ccc(O)c(S(=O)(=O)N2CCN(C(=O)Nc3nc4ccccc4s3)CC2)c1. The van der Waals surface area contributed by atoms with Crippen molar-refractivity contribution in [1.82, 2.24) is 14.2 Å². The van der Waals surface area contributed by atoms with Crippen LogP contribution in [0.15, 0.2) is 47.4 Å². The molecule has 10 heteroatoms. The summed E-state index contributed by atoms with van der Waals surface area (Å²) in [5, 5.41) is 13.3. The molecule has 1 aromatic heterocycles. The minimum Gasteiger partial charge on any atom is -0.507 e. The second kappa shape index (κ2) is 7.62. The molecule has 152 valence electrons. The summed E-state index contributed by atoms with van der Waals surface area (Å²) in [7, 11) is -3.83. The number of phenols is 1. The van der Waals surface area contributed by atoms with E-state index in [-0.39, 0.29) is 42.9 Å². The van der Waals surface area contributed by atoms with Gasteiger partial charge in [-0.15, -0.1) is 0 Å². The second-order valence-corrected chi connectivity index (χ2v) is 9.72. The number of para-hydroxylation sites is 1. The van der Waals surface area contributed by atoms with E-state index in [1.165, 1.54) is 27.8 Å². The number of aromatic hydroxyl groups is 1. The first-order valence-electron chi connectivity index (χ1n) is 9.06. The fraction of sp³-hybridized carbons (Fsp3) is 0.263. The summed E-state index contributed by atoms with van der Waals surface area (Å²) in [6.07, 6.45) is 0. The molecule has 2 amide bonds. The Hall–Kier alpha value is -2.69. The molecule has 1 aliphatic rings. The van der Waals surface area contributed by atoms with Crippen LogP contribution in [0.2, 0.25) is 0 Å². The van der Waals surface area contributed by atoms with Crippen LogP contribution in [-0.2, 0) is 10.0 Å². The van der Waals surface area contributed by atoms with Gasteiger partial charge in [0.05, 0.1) is 10.2 Å². The number of rotatable bonds is 3. The molecule has 0 spiro atoms. The van der Waals surface area contributed by atoms with Crippen molar-refractivity contribution >= 4 is 42.7 Å². The van der Waals surface area contributed by atoms with Crippen LogP contribution >= 0.6 is 11.3 Å². The van der Waals surface area contributed by atoms with Gasteiger partial charge in [-0.2, -0.15) is 4.31 Å². The van der Waals surface area contributed by atoms with E-state index in [0.717, 1.165) is 15.8 Å². The molecule has 29 heavy (non-hydrogen) atoms. The molecule has 1 fully saturated rings. The van der Waals surface area contributed by atoms with Crippen LogP contribution in [0, 0.1) is 6.92 Å². The number of hydrogen-bond acceptors (Lipinski definition) is 6. The number of carbonyl (C=O) groups is 1. The zero-order valence-corrected chi connectivity index (χ0v) is 17.3. The molecule has 0 aliphatic carbocycles. The highest BCUT2D eigenvalue weighted by molar-refractivity contribution is 7.89. The Labute approximate surface area is 172 Å². The maximum Gasteiger partial charge on any atom is 0.323 e. The molecule has 1 saturated heterocycles. The number of sulfonamides is 1. The molecule has 1 aliphatic heterocycles. The minimum absolute atomic E-state index is 0.107. The molecule has 0 saturated carbocycles. The molecule has 0 atom stereocenters. The first-order chi connectivity index (χ1) is 13.8. The van der Waals surface area contributed by atoms with E-state index < -0.39 is 10.0 Å². The number of aryl methyl sites for hydroxylation is 1. The number of fused-ring (bicyclic) bond motifs is 1. The molecule has 4 rings (SSSR count). The highest BCUT2D eigenvalue weighted by atomic mass is 32.2. The summed E-state index contributed by atoms with van der Waals surface area (Å²) < 4.78 is 28.0. The summed E-state index contributed by atoms with van der Waals surface area (Å²) in [5.74, 6) is -0.272. The van der Waals surface area contributed by atoms with E-state index in [0.29, 0.717) is 5.13 Å². The highest BCUT2D eigenvalue weighted by Gasteiger charge is 2.32. The van der Waals surface area contributed by atoms with Crippen molar-refractivity contribution in [3.63, 3.8) is 0 Å². The van der Waals surface area contributed by atoms with Gasteiger partial charge in [0.2, 0.25) is 10.0 Å². The number of thiazole rings is 1. The predicted molar refractivity (Wildman–Crippen MR) is 112 cm³/mol. The number of piperazine rings is 1. The number of benzene rings is 2. The van der Waals surface area contributed by atoms with Crippen LogP contribution < -0.4 is 5.32 Å². The first-order valence-corrected chi connectivity index (χ1v) is 11.3. The molecule has 0 bridgehead atoms. The van der Waals surface area contributed by atoms with Crippen molar-refractivity contribution in [2.24, 2.45) is 0 Å². The summed E-state index contributed by atoms with van der Waals surface area (Å²) in [5.41, 5.74) is 1.57. The summed E-state index contributed by atoms with van der Waals surface area (Å²) in [6.45, 7) is 2.58. The molecule has 2 N–H and O–H groups in total. The first kappa shape index (κ1) is 19.6. The summed E-state index contributed by atoms with van der Waals surface area (Å²) in [4.78, 5) is 18.4. The molecule has 8 nitrogen and oxygen atoms in total. The normalized spacial score (nSPS) is 15.6. The van der Waals surface area contributed by atoms with Gasteiger partial charge in [0.15, 0.2) is 5.13 Å². The van der Waals surface area contributed by atoms with E-state index in [2.05, 4.69) is 10.3 Å². The van der Waals surface area contributed by atoms with Gasteiger partial charge in [-0.05, 0) is 36.8 Å². The third-order valence-corrected chi connectivity index (χ3v) is 7.65. The fourth-order valence-corrected chi connectivity index (χ4v) is 5.64. The molecule has 2 aromatic carbocycles. The fourth-order valence-electron chi connectivity index (χ4n) is 3.19. The van der Waals surface area contributed by atoms with E-state index >= 15 is 0 Å². The summed E-state index contributed by atoms with van der Waals surface area (Å²) >= 11 is 1.39. The Kier molecular flexibility index (Phi) is 5.15. The van der Waals surface area contributed by atoms with E-state index in [9.17, 15) is 18.3 Å². The van der Waals surface area contributed by atoms with Gasteiger partial charge in [-0.25, -0.2) is 18.2 Å². The van der Waals surface area contributed by atoms with Gasteiger partial charge in [0.25, 0.3) is 0 Å². The monoisotopic (exact) mass is 432 g/mol. The molecule has 0 unspecified atom stereocenters. The third kappa shape index (κ3) is 3.91. The quantitative estimate of drug-likeness (QED) is 0.663. The average Bonchev–Trinajstić information content (AvgIpc) is 3.12. The minimum atomic E-state index is -3.83. The molecular formula is C19H20N4O4S2. The Morgan fingerprint density at radius 2 is 1.86 bits per heavy atom. The number of anilines is 1. The lowest BCUT2D eigenvalue weighted by atomic mass is 10.2. The Balaban J connectivity index is 1.42. The number of nitrogens with one attached hydrogen (secondary N) is 1. The lowest BCUT2D eigenvalue weighted by Gasteiger charge is -2.33. The Bertz CT molecular complexity index is 1130. The highest BCUT2D eigenvalue weighted by Crippen LogP contribution is 2.28. The van der Waals surface area contributed by atoms with Crippen LogP contribution in [0.4, 0.5) is 9.93 Å². The van der Waals surface area contributed by atoms with Crippen molar-refractivity contribution in [2.75, 3.05) is 31.5 Å². The van der Waals surface area contributed by atoms with Gasteiger partial charge in [-0.1, -0.05) is 29.5 Å². The van der Waals surface area contributed by atoms with Gasteiger partial charge in [-0.3, -0.25) is 5.32 Å². The van der Waals surface area contributed by atoms with E-state index in [1.54, 1.807) is 17.9 Å². The number of carbonyl (C=O) groups excluding carboxylic acids is 1. The number of phenolic OH excluding ortho intramolecular Hbond substituents is 1. The molecule has 0 radical (unpaired) electrons. The predicted octanol–water partition coefficient (Wildman–Crippen LogP) is 2.85. The lowest BCUT2D eigenvalue weighted by Crippen LogP contribution is -2.51. The van der Waals surface area contributed by atoms with Crippen molar-refractivity contribution in [3.05, 3.63) is 48.0 Å². The van der Waals surface area contributed by atoms with E-state index in [4.69, 9.17) is 0 Å². The van der Waals surface area contributed by atoms with Crippen LogP contribution in [0.1, 0.15) is 5.56 Å². The second-order valence-electron chi connectivity index (χ2n) is 6.78. The largest absolute Gasteiger partial charge is 0.507 e. The maximum absolute atomic E-state index is 12.9. The van der Waals surface area contributed by atoms with Gasteiger partial charge in [0, 0.05) is 26.2 Å². The van der Waals surface area contributed by atoms with Gasteiger partial charge >= 0.3 is 6.03 Å². The van der Waals surface area contributed by atoms with Gasteiger partial charge in [0.1, 0.15) is 10.6 Å². The van der Waals surface area contributed by atoms with Crippen molar-refractivity contribution in [2.45, 2.75) is 11.8 Å². The molecular weight excluding hydrogens is 412 g/mol. The van der Waals surface area contributed by atoms with Crippen molar-refractivity contribution in [3.8, 4) is 5.75 Å². The van der Waals surface area contributed by atoms with Crippen LogP contribution in [0.3, 0.4) is 0 Å². The van der Waals surface area contributed by atoms with Gasteiger partial charge < -0.3 is 10.0 Å².